The van der Waals surface area contributed by atoms with E-state index in [1.165, 1.54) is 44.9 Å². The Morgan fingerprint density at radius 2 is 1.17 bits per heavy atom. The zero-order valence-corrected chi connectivity index (χ0v) is 12.5. The highest BCUT2D eigenvalue weighted by molar-refractivity contribution is 4.58. The average Bonchev–Trinajstić information content (AvgIpc) is 2.32. The van der Waals surface area contributed by atoms with Crippen molar-refractivity contribution in [3.63, 3.8) is 0 Å². The molecule has 0 saturated heterocycles. The van der Waals surface area contributed by atoms with Gasteiger partial charge in [0.05, 0.1) is 12.2 Å². The minimum Gasteiger partial charge on any atom is -0.393 e. The summed E-state index contributed by atoms with van der Waals surface area (Å²) in [6, 6.07) is 0. The molecular formula is C16H34O2. The predicted molar refractivity (Wildman–Crippen MR) is 78.8 cm³/mol. The van der Waals surface area contributed by atoms with Gasteiger partial charge in [-0.1, -0.05) is 58.3 Å². The predicted octanol–water partition coefficient (Wildman–Crippen LogP) is 4.43. The van der Waals surface area contributed by atoms with Crippen molar-refractivity contribution in [2.45, 2.75) is 103 Å². The van der Waals surface area contributed by atoms with Gasteiger partial charge >= 0.3 is 0 Å². The Morgan fingerprint density at radius 1 is 0.667 bits per heavy atom. The third kappa shape index (κ3) is 14.0. The van der Waals surface area contributed by atoms with Crippen molar-refractivity contribution in [2.75, 3.05) is 0 Å². The monoisotopic (exact) mass is 258 g/mol. The molecule has 0 radical (unpaired) electrons. The van der Waals surface area contributed by atoms with Crippen LogP contribution in [0.4, 0.5) is 0 Å². The van der Waals surface area contributed by atoms with Gasteiger partial charge in [0.1, 0.15) is 0 Å². The van der Waals surface area contributed by atoms with Gasteiger partial charge in [0.15, 0.2) is 0 Å². The summed E-state index contributed by atoms with van der Waals surface area (Å²) >= 11 is 0. The molecule has 0 aliphatic heterocycles. The Balaban J connectivity index is 3.12. The van der Waals surface area contributed by atoms with Crippen LogP contribution in [0.5, 0.6) is 0 Å². The second-order valence-corrected chi connectivity index (χ2v) is 5.70. The summed E-state index contributed by atoms with van der Waals surface area (Å²) in [6.07, 6.45) is 13.7. The molecule has 0 aromatic rings. The first-order valence-electron chi connectivity index (χ1n) is 8.03. The van der Waals surface area contributed by atoms with Crippen LogP contribution < -0.4 is 0 Å². The topological polar surface area (TPSA) is 40.5 Å². The maximum Gasteiger partial charge on any atom is 0.0540 e. The average molecular weight is 258 g/mol. The molecule has 0 aromatic heterocycles. The molecule has 0 aromatic carbocycles. The van der Waals surface area contributed by atoms with Crippen LogP contribution in [-0.2, 0) is 0 Å². The molecular weight excluding hydrogens is 224 g/mol. The van der Waals surface area contributed by atoms with Gasteiger partial charge in [0, 0.05) is 0 Å². The van der Waals surface area contributed by atoms with E-state index < -0.39 is 0 Å². The molecule has 0 saturated carbocycles. The van der Waals surface area contributed by atoms with Crippen LogP contribution in [0.2, 0.25) is 0 Å². The van der Waals surface area contributed by atoms with Gasteiger partial charge in [-0.25, -0.2) is 0 Å². The zero-order chi connectivity index (χ0) is 13.6. The lowest BCUT2D eigenvalue weighted by atomic mass is 10.0. The Morgan fingerprint density at radius 3 is 1.72 bits per heavy atom. The van der Waals surface area contributed by atoms with Gasteiger partial charge in [-0.2, -0.15) is 0 Å². The van der Waals surface area contributed by atoms with E-state index >= 15 is 0 Å². The lowest BCUT2D eigenvalue weighted by Gasteiger charge is -2.11. The number of unbranched alkanes of at least 4 members (excludes halogenated alkanes) is 7. The fourth-order valence-corrected chi connectivity index (χ4v) is 2.31. The summed E-state index contributed by atoms with van der Waals surface area (Å²) in [5, 5.41) is 18.9. The standard InChI is InChI=1S/C16H34O2/c1-3-4-5-6-7-8-9-10-13-16(18)14-11-12-15(2)17/h15-18H,3-14H2,1-2H3. The second-order valence-electron chi connectivity index (χ2n) is 5.70. The quantitative estimate of drug-likeness (QED) is 0.480. The van der Waals surface area contributed by atoms with E-state index in [1.54, 1.807) is 0 Å². The third-order valence-corrected chi connectivity index (χ3v) is 3.55. The molecule has 0 rings (SSSR count). The lowest BCUT2D eigenvalue weighted by molar-refractivity contribution is 0.133. The zero-order valence-electron chi connectivity index (χ0n) is 12.5. The third-order valence-electron chi connectivity index (χ3n) is 3.55. The molecule has 0 spiro atoms. The number of rotatable bonds is 13. The van der Waals surface area contributed by atoms with E-state index in [1.807, 2.05) is 6.92 Å². The highest BCUT2D eigenvalue weighted by atomic mass is 16.3. The van der Waals surface area contributed by atoms with E-state index in [2.05, 4.69) is 6.92 Å². The van der Waals surface area contributed by atoms with Gasteiger partial charge in [-0.05, 0) is 32.6 Å². The molecule has 0 amide bonds. The second kappa shape index (κ2) is 13.4. The molecule has 2 N–H and O–H groups in total. The van der Waals surface area contributed by atoms with Crippen LogP contribution in [-0.4, -0.2) is 22.4 Å². The first-order chi connectivity index (χ1) is 8.66. The Labute approximate surface area is 114 Å². The number of aliphatic hydroxyl groups is 2. The van der Waals surface area contributed by atoms with E-state index in [-0.39, 0.29) is 12.2 Å². The van der Waals surface area contributed by atoms with Gasteiger partial charge < -0.3 is 10.2 Å². The summed E-state index contributed by atoms with van der Waals surface area (Å²) in [4.78, 5) is 0. The number of hydrogen-bond donors (Lipinski definition) is 2. The molecule has 0 heterocycles. The van der Waals surface area contributed by atoms with Gasteiger partial charge in [-0.15, -0.1) is 0 Å². The summed E-state index contributed by atoms with van der Waals surface area (Å²) in [6.45, 7) is 4.06. The summed E-state index contributed by atoms with van der Waals surface area (Å²) in [5.74, 6) is 0. The highest BCUT2D eigenvalue weighted by Gasteiger charge is 2.04. The first-order valence-corrected chi connectivity index (χ1v) is 8.03. The normalized spacial score (nSPS) is 14.7. The van der Waals surface area contributed by atoms with Crippen molar-refractivity contribution in [1.82, 2.24) is 0 Å². The van der Waals surface area contributed by atoms with Crippen molar-refractivity contribution in [2.24, 2.45) is 0 Å². The maximum atomic E-state index is 9.75. The van der Waals surface area contributed by atoms with Crippen LogP contribution in [0.25, 0.3) is 0 Å². The summed E-state index contributed by atoms with van der Waals surface area (Å²) in [7, 11) is 0. The summed E-state index contributed by atoms with van der Waals surface area (Å²) < 4.78 is 0. The molecule has 2 heteroatoms. The molecule has 2 nitrogen and oxygen atoms in total. The fourth-order valence-electron chi connectivity index (χ4n) is 2.31. The smallest absolute Gasteiger partial charge is 0.0540 e. The molecule has 2 atom stereocenters. The molecule has 0 aliphatic carbocycles. The largest absolute Gasteiger partial charge is 0.393 e. The minimum atomic E-state index is -0.222. The Hall–Kier alpha value is -0.0800. The highest BCUT2D eigenvalue weighted by Crippen LogP contribution is 2.13. The van der Waals surface area contributed by atoms with Crippen LogP contribution in [0.15, 0.2) is 0 Å². The van der Waals surface area contributed by atoms with Crippen LogP contribution in [0.1, 0.15) is 90.9 Å². The fraction of sp³-hybridized carbons (Fsp3) is 1.00. The van der Waals surface area contributed by atoms with Crippen molar-refractivity contribution < 1.29 is 10.2 Å². The van der Waals surface area contributed by atoms with Crippen LogP contribution in [0.3, 0.4) is 0 Å². The van der Waals surface area contributed by atoms with E-state index in [4.69, 9.17) is 5.11 Å². The maximum absolute atomic E-state index is 9.75. The lowest BCUT2D eigenvalue weighted by Crippen LogP contribution is -2.08. The molecule has 2 unspecified atom stereocenters. The Bertz CT molecular complexity index is 157. The molecule has 0 bridgehead atoms. The van der Waals surface area contributed by atoms with E-state index in [0.717, 1.165) is 32.1 Å². The molecule has 110 valence electrons. The van der Waals surface area contributed by atoms with Crippen LogP contribution in [0, 0.1) is 0 Å². The Kier molecular flexibility index (Phi) is 13.3. The molecule has 18 heavy (non-hydrogen) atoms. The molecule has 0 fully saturated rings. The van der Waals surface area contributed by atoms with Gasteiger partial charge in [0.25, 0.3) is 0 Å². The van der Waals surface area contributed by atoms with Crippen molar-refractivity contribution >= 4 is 0 Å². The van der Waals surface area contributed by atoms with Gasteiger partial charge in [0.2, 0.25) is 0 Å². The molecule has 0 aliphatic rings. The van der Waals surface area contributed by atoms with E-state index in [9.17, 15) is 5.11 Å². The minimum absolute atomic E-state index is 0.149. The van der Waals surface area contributed by atoms with Crippen LogP contribution >= 0.6 is 0 Å². The van der Waals surface area contributed by atoms with Crippen molar-refractivity contribution in [1.29, 1.82) is 0 Å². The number of aliphatic hydroxyl groups excluding tert-OH is 2. The van der Waals surface area contributed by atoms with Crippen molar-refractivity contribution in [3.05, 3.63) is 0 Å². The number of hydrogen-bond acceptors (Lipinski definition) is 2. The summed E-state index contributed by atoms with van der Waals surface area (Å²) in [5.41, 5.74) is 0. The van der Waals surface area contributed by atoms with Gasteiger partial charge in [-0.3, -0.25) is 0 Å². The van der Waals surface area contributed by atoms with Crippen molar-refractivity contribution in [3.8, 4) is 0 Å². The first kappa shape index (κ1) is 17.9. The SMILES string of the molecule is CCCCCCCCCCC(O)CCCC(C)O. The van der Waals surface area contributed by atoms with E-state index in [0.29, 0.717) is 0 Å².